The number of amides is 1. The van der Waals surface area contributed by atoms with Crippen LogP contribution in [0.1, 0.15) is 41.2 Å². The number of nitrogens with one attached hydrogen (secondary N) is 1. The molecule has 0 radical (unpaired) electrons. The molecule has 2 aromatic rings. The molecular formula is C24H25NO2. The average Bonchev–Trinajstić information content (AvgIpc) is 3.06. The number of hydrogen-bond acceptors (Lipinski definition) is 2. The maximum Gasteiger partial charge on any atom is 0.248 e. The summed E-state index contributed by atoms with van der Waals surface area (Å²) in [6.45, 7) is 2.64. The SMILES string of the molecule is CCc1ccc(C[C@@H]2NC(=O)C=C2OCc2cccc3c2C=CCC3)cc1. The first-order valence-corrected chi connectivity index (χ1v) is 9.73. The Morgan fingerprint density at radius 3 is 2.74 bits per heavy atom. The molecular weight excluding hydrogens is 334 g/mol. The summed E-state index contributed by atoms with van der Waals surface area (Å²) in [5, 5.41) is 3.01. The molecule has 4 rings (SSSR count). The number of fused-ring (bicyclic) bond motifs is 1. The van der Waals surface area contributed by atoms with Gasteiger partial charge in [-0.2, -0.15) is 0 Å². The van der Waals surface area contributed by atoms with E-state index in [1.807, 2.05) is 0 Å². The lowest BCUT2D eigenvalue weighted by molar-refractivity contribution is -0.116. The Morgan fingerprint density at radius 2 is 1.93 bits per heavy atom. The molecule has 27 heavy (non-hydrogen) atoms. The zero-order valence-corrected chi connectivity index (χ0v) is 15.7. The fourth-order valence-corrected chi connectivity index (χ4v) is 3.78. The minimum atomic E-state index is -0.0972. The van der Waals surface area contributed by atoms with Crippen molar-refractivity contribution in [2.45, 2.75) is 45.3 Å². The van der Waals surface area contributed by atoms with Crippen molar-refractivity contribution in [1.29, 1.82) is 0 Å². The molecule has 0 unspecified atom stereocenters. The molecule has 1 atom stereocenters. The van der Waals surface area contributed by atoms with Gasteiger partial charge >= 0.3 is 0 Å². The topological polar surface area (TPSA) is 38.3 Å². The Balaban J connectivity index is 1.45. The van der Waals surface area contributed by atoms with Gasteiger partial charge in [0.1, 0.15) is 12.4 Å². The van der Waals surface area contributed by atoms with Gasteiger partial charge in [-0.15, -0.1) is 0 Å². The van der Waals surface area contributed by atoms with E-state index in [9.17, 15) is 4.79 Å². The predicted molar refractivity (Wildman–Crippen MR) is 108 cm³/mol. The number of allylic oxidation sites excluding steroid dienone is 1. The molecule has 1 heterocycles. The molecule has 0 saturated heterocycles. The third kappa shape index (κ3) is 3.97. The van der Waals surface area contributed by atoms with Crippen LogP contribution < -0.4 is 5.32 Å². The van der Waals surface area contributed by atoms with Crippen molar-refractivity contribution in [2.75, 3.05) is 0 Å². The molecule has 2 aromatic carbocycles. The first-order chi connectivity index (χ1) is 13.2. The van der Waals surface area contributed by atoms with Crippen molar-refractivity contribution in [1.82, 2.24) is 5.32 Å². The van der Waals surface area contributed by atoms with Gasteiger partial charge in [0.2, 0.25) is 5.91 Å². The van der Waals surface area contributed by atoms with Gasteiger partial charge in [0.15, 0.2) is 0 Å². The third-order valence-electron chi connectivity index (χ3n) is 5.35. The van der Waals surface area contributed by atoms with Crippen LogP contribution in [-0.4, -0.2) is 11.9 Å². The third-order valence-corrected chi connectivity index (χ3v) is 5.35. The molecule has 1 N–H and O–H groups in total. The Morgan fingerprint density at radius 1 is 1.11 bits per heavy atom. The lowest BCUT2D eigenvalue weighted by Gasteiger charge is -2.19. The molecule has 1 amide bonds. The standard InChI is InChI=1S/C24H25NO2/c1-2-17-10-12-18(13-11-17)14-22-23(15-24(26)25-22)27-16-20-8-5-7-19-6-3-4-9-21(19)20/h4-5,7-13,15,22H,2-3,6,14,16H2,1H3,(H,25,26)/t22-/m0/s1. The predicted octanol–water partition coefficient (Wildman–Crippen LogP) is 4.35. The summed E-state index contributed by atoms with van der Waals surface area (Å²) in [5.41, 5.74) is 6.35. The number of benzene rings is 2. The molecule has 0 fully saturated rings. The van der Waals surface area contributed by atoms with E-state index in [-0.39, 0.29) is 11.9 Å². The van der Waals surface area contributed by atoms with E-state index in [1.165, 1.54) is 27.8 Å². The quantitative estimate of drug-likeness (QED) is 0.833. The average molecular weight is 359 g/mol. The van der Waals surface area contributed by atoms with Gasteiger partial charge in [-0.25, -0.2) is 0 Å². The molecule has 138 valence electrons. The van der Waals surface area contributed by atoms with E-state index < -0.39 is 0 Å². The maximum absolute atomic E-state index is 11.9. The van der Waals surface area contributed by atoms with E-state index in [0.29, 0.717) is 6.61 Å². The summed E-state index contributed by atoms with van der Waals surface area (Å²) < 4.78 is 6.10. The number of rotatable bonds is 6. The van der Waals surface area contributed by atoms with Gasteiger partial charge in [-0.1, -0.05) is 61.5 Å². The second-order valence-electron chi connectivity index (χ2n) is 7.20. The van der Waals surface area contributed by atoms with Crippen molar-refractivity contribution in [3.63, 3.8) is 0 Å². The molecule has 0 bridgehead atoms. The second kappa shape index (κ2) is 7.83. The molecule has 0 aromatic heterocycles. The normalized spacial score (nSPS) is 18.0. The van der Waals surface area contributed by atoms with E-state index in [4.69, 9.17) is 4.74 Å². The molecule has 1 aliphatic heterocycles. The van der Waals surface area contributed by atoms with Gasteiger partial charge in [-0.3, -0.25) is 4.79 Å². The molecule has 0 saturated carbocycles. The van der Waals surface area contributed by atoms with Gasteiger partial charge in [-0.05, 0) is 53.5 Å². The minimum Gasteiger partial charge on any atom is -0.491 e. The van der Waals surface area contributed by atoms with E-state index in [2.05, 4.69) is 66.9 Å². The molecule has 0 spiro atoms. The van der Waals surface area contributed by atoms with Crippen LogP contribution in [0.2, 0.25) is 0 Å². The number of carbonyl (C=O) groups is 1. The number of hydrogen-bond donors (Lipinski definition) is 1. The van der Waals surface area contributed by atoms with Crippen LogP contribution >= 0.6 is 0 Å². The van der Waals surface area contributed by atoms with Gasteiger partial charge in [0, 0.05) is 6.08 Å². The first kappa shape index (κ1) is 17.6. The minimum absolute atomic E-state index is 0.0739. The van der Waals surface area contributed by atoms with Crippen LogP contribution in [0.4, 0.5) is 0 Å². The van der Waals surface area contributed by atoms with Gasteiger partial charge in [0.25, 0.3) is 0 Å². The van der Waals surface area contributed by atoms with Crippen molar-refractivity contribution < 1.29 is 9.53 Å². The van der Waals surface area contributed by atoms with Crippen molar-refractivity contribution in [3.8, 4) is 0 Å². The zero-order chi connectivity index (χ0) is 18.6. The number of aryl methyl sites for hydroxylation is 2. The monoisotopic (exact) mass is 359 g/mol. The van der Waals surface area contributed by atoms with Crippen LogP contribution in [-0.2, 0) is 35.4 Å². The van der Waals surface area contributed by atoms with Crippen LogP contribution in [0, 0.1) is 0 Å². The van der Waals surface area contributed by atoms with Gasteiger partial charge < -0.3 is 10.1 Å². The Labute approximate surface area is 160 Å². The van der Waals surface area contributed by atoms with E-state index in [1.54, 1.807) is 6.08 Å². The summed E-state index contributed by atoms with van der Waals surface area (Å²) in [5.74, 6) is 0.659. The molecule has 3 nitrogen and oxygen atoms in total. The number of ether oxygens (including phenoxy) is 1. The second-order valence-corrected chi connectivity index (χ2v) is 7.20. The lowest BCUT2D eigenvalue weighted by Crippen LogP contribution is -2.31. The maximum atomic E-state index is 11.9. The van der Waals surface area contributed by atoms with E-state index >= 15 is 0 Å². The van der Waals surface area contributed by atoms with Crippen molar-refractivity contribution in [2.24, 2.45) is 0 Å². The van der Waals surface area contributed by atoms with Crippen LogP contribution in [0.5, 0.6) is 0 Å². The fourth-order valence-electron chi connectivity index (χ4n) is 3.78. The highest BCUT2D eigenvalue weighted by atomic mass is 16.5. The highest BCUT2D eigenvalue weighted by Gasteiger charge is 2.26. The Kier molecular flexibility index (Phi) is 5.10. The number of carbonyl (C=O) groups excluding carboxylic acids is 1. The van der Waals surface area contributed by atoms with Crippen molar-refractivity contribution >= 4 is 12.0 Å². The smallest absolute Gasteiger partial charge is 0.248 e. The Hall–Kier alpha value is -2.81. The summed E-state index contributed by atoms with van der Waals surface area (Å²) in [6, 6.07) is 14.9. The van der Waals surface area contributed by atoms with Gasteiger partial charge in [0.05, 0.1) is 6.04 Å². The summed E-state index contributed by atoms with van der Waals surface area (Å²) in [7, 11) is 0. The molecule has 3 heteroatoms. The zero-order valence-electron chi connectivity index (χ0n) is 15.7. The van der Waals surface area contributed by atoms with Crippen molar-refractivity contribution in [3.05, 3.63) is 88.2 Å². The highest BCUT2D eigenvalue weighted by Crippen LogP contribution is 2.25. The van der Waals surface area contributed by atoms with Crippen LogP contribution in [0.25, 0.3) is 6.08 Å². The Bertz CT molecular complexity index is 893. The van der Waals surface area contributed by atoms with E-state index in [0.717, 1.165) is 31.4 Å². The molecule has 2 aliphatic rings. The first-order valence-electron chi connectivity index (χ1n) is 9.73. The highest BCUT2D eigenvalue weighted by molar-refractivity contribution is 5.91. The van der Waals surface area contributed by atoms with Crippen LogP contribution in [0.3, 0.4) is 0 Å². The molecule has 1 aliphatic carbocycles. The summed E-state index contributed by atoms with van der Waals surface area (Å²) in [4.78, 5) is 11.9. The lowest BCUT2D eigenvalue weighted by atomic mass is 9.93. The largest absolute Gasteiger partial charge is 0.491 e. The fraction of sp³-hybridized carbons (Fsp3) is 0.292. The summed E-state index contributed by atoms with van der Waals surface area (Å²) >= 11 is 0. The summed E-state index contributed by atoms with van der Waals surface area (Å²) in [6.07, 6.45) is 9.96. The van der Waals surface area contributed by atoms with Crippen LogP contribution in [0.15, 0.2) is 60.4 Å².